The first-order valence-corrected chi connectivity index (χ1v) is 10.4. The van der Waals surface area contributed by atoms with Crippen molar-refractivity contribution in [2.24, 2.45) is 0 Å². The summed E-state index contributed by atoms with van der Waals surface area (Å²) in [5, 5.41) is 15.8. The topological polar surface area (TPSA) is 107 Å². The quantitative estimate of drug-likeness (QED) is 0.612. The van der Waals surface area contributed by atoms with E-state index in [0.717, 1.165) is 0 Å². The van der Waals surface area contributed by atoms with Crippen molar-refractivity contribution in [3.63, 3.8) is 0 Å². The zero-order valence-electron chi connectivity index (χ0n) is 16.4. The Morgan fingerprint density at radius 3 is 2.75 bits per heavy atom. The van der Waals surface area contributed by atoms with E-state index in [9.17, 15) is 18.0 Å². The van der Waals surface area contributed by atoms with E-state index in [4.69, 9.17) is 16.0 Å². The van der Waals surface area contributed by atoms with E-state index >= 15 is 0 Å². The number of hydrogen-bond donors (Lipinski definition) is 1. The first-order chi connectivity index (χ1) is 15.1. The van der Waals surface area contributed by atoms with Gasteiger partial charge in [0.1, 0.15) is 0 Å². The maximum absolute atomic E-state index is 12.6. The van der Waals surface area contributed by atoms with Crippen molar-refractivity contribution in [1.29, 1.82) is 0 Å². The number of carbonyl (C=O) groups excluding carboxylic acids is 1. The average Bonchev–Trinajstić information content (AvgIpc) is 3.25. The number of pyridine rings is 1. The van der Waals surface area contributed by atoms with Crippen LogP contribution in [-0.4, -0.2) is 48.7 Å². The first-order valence-electron chi connectivity index (χ1n) is 10.1. The lowest BCUT2D eigenvalue weighted by molar-refractivity contribution is -0.352. The lowest BCUT2D eigenvalue weighted by atomic mass is 9.39. The smallest absolute Gasteiger partial charge is 0.424 e. The summed E-state index contributed by atoms with van der Waals surface area (Å²) in [4.78, 5) is 16.8. The number of alkyl halides is 3. The van der Waals surface area contributed by atoms with Crippen LogP contribution in [0, 0.1) is 0 Å². The molecule has 4 fully saturated rings. The third kappa shape index (κ3) is 3.15. The highest BCUT2D eigenvalue weighted by atomic mass is 35.5. The molecule has 7 rings (SSSR count). The lowest BCUT2D eigenvalue weighted by Gasteiger charge is -2.68. The van der Waals surface area contributed by atoms with Gasteiger partial charge in [0.05, 0.1) is 11.5 Å². The van der Waals surface area contributed by atoms with Crippen LogP contribution in [0.25, 0.3) is 5.65 Å². The maximum atomic E-state index is 12.6. The van der Waals surface area contributed by atoms with Gasteiger partial charge in [0.25, 0.3) is 5.91 Å². The van der Waals surface area contributed by atoms with Gasteiger partial charge < -0.3 is 9.73 Å². The van der Waals surface area contributed by atoms with Gasteiger partial charge in [-0.2, -0.15) is 0 Å². The molecule has 13 heteroatoms. The maximum Gasteiger partial charge on any atom is 0.522 e. The van der Waals surface area contributed by atoms with Gasteiger partial charge >= 0.3 is 6.36 Å². The summed E-state index contributed by atoms with van der Waals surface area (Å²) in [5.41, 5.74) is -0.165. The lowest BCUT2D eigenvalue weighted by Crippen LogP contribution is -2.76. The molecule has 4 saturated carbocycles. The van der Waals surface area contributed by atoms with Crippen molar-refractivity contribution in [2.75, 3.05) is 0 Å². The Morgan fingerprint density at radius 2 is 2.03 bits per heavy atom. The Morgan fingerprint density at radius 1 is 1.28 bits per heavy atom. The molecule has 1 amide bonds. The number of halogens is 4. The van der Waals surface area contributed by atoms with E-state index in [-0.39, 0.29) is 41.4 Å². The van der Waals surface area contributed by atoms with Gasteiger partial charge in [-0.25, -0.2) is 9.50 Å². The molecule has 2 bridgehead atoms. The Hall–Kier alpha value is -2.73. The SMILES string of the molecule is O=C(NC12CC(c3nnc(C4CC(OC(F)(F)F)C4)o3)(C1)C2)c1nc2cc(Cl)ccn2n1. The van der Waals surface area contributed by atoms with Crippen molar-refractivity contribution >= 4 is 23.2 Å². The number of fused-ring (bicyclic) bond motifs is 1. The van der Waals surface area contributed by atoms with E-state index < -0.39 is 12.5 Å². The van der Waals surface area contributed by atoms with E-state index in [1.165, 1.54) is 4.52 Å². The number of nitrogens with zero attached hydrogens (tertiary/aromatic N) is 5. The molecule has 3 aromatic rings. The highest BCUT2D eigenvalue weighted by Crippen LogP contribution is 2.67. The number of aromatic nitrogens is 5. The summed E-state index contributed by atoms with van der Waals surface area (Å²) in [6.07, 6.45) is -1.52. The number of carbonyl (C=O) groups is 1. The molecule has 1 N–H and O–H groups in total. The molecule has 0 atom stereocenters. The minimum Gasteiger partial charge on any atom is -0.424 e. The van der Waals surface area contributed by atoms with Gasteiger partial charge in [-0.15, -0.1) is 28.5 Å². The number of hydrogen-bond acceptors (Lipinski definition) is 7. The highest BCUT2D eigenvalue weighted by molar-refractivity contribution is 6.30. The average molecular weight is 469 g/mol. The fourth-order valence-electron chi connectivity index (χ4n) is 5.06. The van der Waals surface area contributed by atoms with Crippen molar-refractivity contribution in [2.45, 2.75) is 61.4 Å². The van der Waals surface area contributed by atoms with Crippen LogP contribution < -0.4 is 5.32 Å². The first kappa shape index (κ1) is 19.9. The van der Waals surface area contributed by atoms with Crippen LogP contribution in [0.2, 0.25) is 5.02 Å². The number of rotatable bonds is 5. The zero-order chi connectivity index (χ0) is 22.3. The summed E-state index contributed by atoms with van der Waals surface area (Å²) in [6.45, 7) is 0. The second kappa shape index (κ2) is 6.41. The van der Waals surface area contributed by atoms with Gasteiger partial charge in [-0.3, -0.25) is 9.53 Å². The van der Waals surface area contributed by atoms with Crippen molar-refractivity contribution in [1.82, 2.24) is 30.1 Å². The van der Waals surface area contributed by atoms with Gasteiger partial charge in [0, 0.05) is 28.7 Å². The van der Waals surface area contributed by atoms with E-state index in [1.54, 1.807) is 18.3 Å². The molecule has 32 heavy (non-hydrogen) atoms. The molecule has 4 aliphatic carbocycles. The number of nitrogens with one attached hydrogen (secondary N) is 1. The summed E-state index contributed by atoms with van der Waals surface area (Å²) >= 11 is 5.94. The molecule has 0 aromatic carbocycles. The van der Waals surface area contributed by atoms with Crippen molar-refractivity contribution in [3.8, 4) is 0 Å². The van der Waals surface area contributed by atoms with Crippen LogP contribution >= 0.6 is 11.6 Å². The molecule has 0 aliphatic heterocycles. The molecule has 168 valence electrons. The van der Waals surface area contributed by atoms with E-state index in [2.05, 4.69) is 30.3 Å². The minimum atomic E-state index is -4.63. The van der Waals surface area contributed by atoms with Crippen molar-refractivity contribution < 1.29 is 27.1 Å². The fraction of sp³-hybridized carbons (Fsp3) is 0.526. The van der Waals surface area contributed by atoms with Crippen LogP contribution in [0.3, 0.4) is 0 Å². The van der Waals surface area contributed by atoms with Gasteiger partial charge in [-0.1, -0.05) is 11.6 Å². The number of ether oxygens (including phenoxy) is 1. The second-order valence-electron chi connectivity index (χ2n) is 8.93. The summed E-state index contributed by atoms with van der Waals surface area (Å²) < 4.78 is 48.1. The van der Waals surface area contributed by atoms with Gasteiger partial charge in [0.15, 0.2) is 5.65 Å². The van der Waals surface area contributed by atoms with Crippen LogP contribution in [0.1, 0.15) is 60.4 Å². The summed E-state index contributed by atoms with van der Waals surface area (Å²) in [5.74, 6) is 0.294. The van der Waals surface area contributed by atoms with Crippen LogP contribution in [0.5, 0.6) is 0 Å². The predicted molar refractivity (Wildman–Crippen MR) is 101 cm³/mol. The molecule has 9 nitrogen and oxygen atoms in total. The molecule has 0 spiro atoms. The van der Waals surface area contributed by atoms with Crippen molar-refractivity contribution in [3.05, 3.63) is 41.0 Å². The molecule has 3 aromatic heterocycles. The monoisotopic (exact) mass is 468 g/mol. The molecule has 0 radical (unpaired) electrons. The fourth-order valence-corrected chi connectivity index (χ4v) is 5.22. The Bertz CT molecular complexity index is 1210. The summed E-state index contributed by atoms with van der Waals surface area (Å²) in [6, 6.07) is 3.27. The van der Waals surface area contributed by atoms with Crippen LogP contribution in [0.15, 0.2) is 22.7 Å². The molecule has 3 heterocycles. The summed E-state index contributed by atoms with van der Waals surface area (Å²) in [7, 11) is 0. The van der Waals surface area contributed by atoms with E-state index in [1.807, 2.05) is 0 Å². The molecular weight excluding hydrogens is 453 g/mol. The van der Waals surface area contributed by atoms with Gasteiger partial charge in [-0.05, 0) is 38.2 Å². The normalized spacial score (nSPS) is 31.0. The number of amides is 1. The molecule has 0 unspecified atom stereocenters. The van der Waals surface area contributed by atoms with Gasteiger partial charge in [0.2, 0.25) is 17.6 Å². The Balaban J connectivity index is 1.06. The zero-order valence-corrected chi connectivity index (χ0v) is 17.2. The standard InChI is InChI=1S/C19H16ClF3N6O3/c20-10-1-2-29-12(5-10)24-13(28-29)14(30)25-18-6-17(7-18,8-18)16-27-26-15(31-16)9-3-11(4-9)32-19(21,22)23/h1-2,5,9,11H,3-4,6-8H2,(H,25,30). The molecule has 4 aliphatic rings. The van der Waals surface area contributed by atoms with Crippen LogP contribution in [0.4, 0.5) is 13.2 Å². The Kier molecular flexibility index (Phi) is 3.99. The third-order valence-corrected chi connectivity index (χ3v) is 6.79. The Labute approximate surface area is 183 Å². The third-order valence-electron chi connectivity index (χ3n) is 6.55. The minimum absolute atomic E-state index is 0.0618. The second-order valence-corrected chi connectivity index (χ2v) is 9.36. The van der Waals surface area contributed by atoms with Crippen LogP contribution in [-0.2, 0) is 10.2 Å². The molecule has 0 saturated heterocycles. The van der Waals surface area contributed by atoms with E-state index in [0.29, 0.717) is 41.7 Å². The largest absolute Gasteiger partial charge is 0.522 e. The highest BCUT2D eigenvalue weighted by Gasteiger charge is 2.72. The predicted octanol–water partition coefficient (Wildman–Crippen LogP) is 3.15. The molecular formula is C19H16ClF3N6O3.